The van der Waals surface area contributed by atoms with Crippen LogP contribution < -0.4 is 0 Å². The molecule has 0 radical (unpaired) electrons. The Hall–Kier alpha value is -6.92. The molecule has 398 valence electrons. The summed E-state index contributed by atoms with van der Waals surface area (Å²) in [6, 6.07) is 20.9. The SMILES string of the molecule is Cc1ccc2c(c1)c1c(n2CC(C)(O)c2cnccc2C(=O)O)CCN(C)C1.Cc1ccc2c(c1)c1c(n2CC(C)(O)c2cnco2)CCN(C)C1.Cc1ccc2c(c1)c1c(n2CC(C)(O)c2cocn2)CCN(C)C1. The first-order valence-electron chi connectivity index (χ1n) is 26.2. The number of fused-ring (bicyclic) bond motifs is 9. The van der Waals surface area contributed by atoms with Gasteiger partial charge in [-0.2, -0.15) is 0 Å². The van der Waals surface area contributed by atoms with Crippen molar-refractivity contribution in [2.75, 3.05) is 40.8 Å². The van der Waals surface area contributed by atoms with Crippen LogP contribution in [0.1, 0.15) is 98.6 Å². The summed E-state index contributed by atoms with van der Waals surface area (Å²) in [6.07, 6.45) is 11.6. The van der Waals surface area contributed by atoms with Gasteiger partial charge in [-0.05, 0) is 122 Å². The van der Waals surface area contributed by atoms with Gasteiger partial charge < -0.3 is 57.7 Å². The summed E-state index contributed by atoms with van der Waals surface area (Å²) in [5.41, 5.74) is 12.6. The minimum absolute atomic E-state index is 0.0842. The zero-order chi connectivity index (χ0) is 53.8. The van der Waals surface area contributed by atoms with Gasteiger partial charge in [0.15, 0.2) is 18.5 Å². The summed E-state index contributed by atoms with van der Waals surface area (Å²) in [5.74, 6) is -0.563. The largest absolute Gasteiger partial charge is 0.478 e. The number of carboxylic acids is 1. The molecule has 76 heavy (non-hydrogen) atoms. The van der Waals surface area contributed by atoms with Crippen LogP contribution in [0.4, 0.5) is 0 Å². The average molecular weight is 1030 g/mol. The minimum atomic E-state index is -1.37. The lowest BCUT2D eigenvalue weighted by Gasteiger charge is -2.29. The number of aliphatic hydroxyl groups is 3. The van der Waals surface area contributed by atoms with Gasteiger partial charge in [0.25, 0.3) is 0 Å². The number of aromatic carboxylic acids is 1. The van der Waals surface area contributed by atoms with E-state index in [4.69, 9.17) is 8.83 Å². The number of oxazole rings is 2. The van der Waals surface area contributed by atoms with Crippen molar-refractivity contribution in [3.63, 3.8) is 0 Å². The molecule has 9 heterocycles. The molecule has 0 saturated carbocycles. The molecule has 3 aliphatic rings. The van der Waals surface area contributed by atoms with Gasteiger partial charge in [0.2, 0.25) is 0 Å². The van der Waals surface area contributed by atoms with Crippen LogP contribution >= 0.6 is 0 Å². The first kappa shape index (κ1) is 52.5. The van der Waals surface area contributed by atoms with Gasteiger partial charge in [0, 0.05) is 126 Å². The number of hydrogen-bond donors (Lipinski definition) is 4. The van der Waals surface area contributed by atoms with Crippen molar-refractivity contribution in [3.05, 3.63) is 171 Å². The Balaban J connectivity index is 0.000000130. The maximum atomic E-state index is 11.6. The fourth-order valence-electron chi connectivity index (χ4n) is 11.8. The fourth-order valence-corrected chi connectivity index (χ4v) is 11.8. The molecule has 12 rings (SSSR count). The van der Waals surface area contributed by atoms with Crippen molar-refractivity contribution in [2.24, 2.45) is 0 Å². The molecule has 3 aromatic carbocycles. The Kier molecular flexibility index (Phi) is 14.2. The van der Waals surface area contributed by atoms with Crippen molar-refractivity contribution < 1.29 is 34.1 Å². The number of likely N-dealkylation sites (N-methyl/N-ethyl adjacent to an activating group) is 3. The van der Waals surface area contributed by atoms with E-state index in [9.17, 15) is 25.2 Å². The molecule has 6 aromatic heterocycles. The number of pyridine rings is 1. The molecule has 0 spiro atoms. The molecular formula is C60H71N9O7. The van der Waals surface area contributed by atoms with E-state index in [1.807, 2.05) is 0 Å². The van der Waals surface area contributed by atoms with E-state index in [1.54, 1.807) is 27.0 Å². The van der Waals surface area contributed by atoms with Gasteiger partial charge in [-0.15, -0.1) is 0 Å². The molecule has 16 heteroatoms. The smallest absolute Gasteiger partial charge is 0.336 e. The van der Waals surface area contributed by atoms with Crippen molar-refractivity contribution in [1.82, 2.24) is 43.4 Å². The molecule has 3 unspecified atom stereocenters. The van der Waals surface area contributed by atoms with Crippen LogP contribution in [-0.2, 0) is 75.3 Å². The lowest BCUT2D eigenvalue weighted by Crippen LogP contribution is -2.33. The first-order valence-corrected chi connectivity index (χ1v) is 26.2. The van der Waals surface area contributed by atoms with Gasteiger partial charge in [0.1, 0.15) is 28.8 Å². The molecule has 16 nitrogen and oxygen atoms in total. The van der Waals surface area contributed by atoms with Crippen molar-refractivity contribution in [2.45, 2.75) is 117 Å². The van der Waals surface area contributed by atoms with E-state index < -0.39 is 22.8 Å². The van der Waals surface area contributed by atoms with E-state index in [-0.39, 0.29) is 12.1 Å². The van der Waals surface area contributed by atoms with Crippen molar-refractivity contribution in [3.8, 4) is 0 Å². The summed E-state index contributed by atoms with van der Waals surface area (Å²) < 4.78 is 17.1. The van der Waals surface area contributed by atoms with E-state index in [1.165, 1.54) is 115 Å². The third-order valence-electron chi connectivity index (χ3n) is 15.8. The molecule has 0 amide bonds. The van der Waals surface area contributed by atoms with Gasteiger partial charge in [-0.25, -0.2) is 14.8 Å². The Morgan fingerprint density at radius 1 is 0.592 bits per heavy atom. The van der Waals surface area contributed by atoms with Gasteiger partial charge in [-0.1, -0.05) is 34.9 Å². The molecule has 0 aliphatic carbocycles. The fraction of sp³-hybridized carbons (Fsp3) is 0.400. The molecule has 0 saturated heterocycles. The first-order chi connectivity index (χ1) is 36.2. The summed E-state index contributed by atoms with van der Waals surface area (Å²) >= 11 is 0. The van der Waals surface area contributed by atoms with Crippen LogP contribution in [0.2, 0.25) is 0 Å². The highest BCUT2D eigenvalue weighted by atomic mass is 16.4. The third kappa shape index (κ3) is 10.2. The van der Waals surface area contributed by atoms with Crippen LogP contribution in [0.3, 0.4) is 0 Å². The highest BCUT2D eigenvalue weighted by Gasteiger charge is 2.35. The summed E-state index contributed by atoms with van der Waals surface area (Å²) in [4.78, 5) is 30.8. The van der Waals surface area contributed by atoms with E-state index in [0.717, 1.165) is 64.0 Å². The predicted molar refractivity (Wildman–Crippen MR) is 293 cm³/mol. The van der Waals surface area contributed by atoms with E-state index in [0.29, 0.717) is 30.1 Å². The summed E-state index contributed by atoms with van der Waals surface area (Å²) in [6.45, 7) is 18.6. The normalized spacial score (nSPS) is 17.4. The molecule has 3 atom stereocenters. The quantitative estimate of drug-likeness (QED) is 0.102. The Morgan fingerprint density at radius 2 is 1.04 bits per heavy atom. The number of hydrogen-bond acceptors (Lipinski definition) is 12. The lowest BCUT2D eigenvalue weighted by molar-refractivity contribution is 0.0168. The Bertz CT molecular complexity index is 3420. The number of aryl methyl sites for hydroxylation is 3. The Morgan fingerprint density at radius 3 is 1.45 bits per heavy atom. The number of benzene rings is 3. The number of aromatic nitrogens is 6. The monoisotopic (exact) mass is 1030 g/mol. The Labute approximate surface area is 443 Å². The van der Waals surface area contributed by atoms with Gasteiger partial charge in [-0.3, -0.25) is 4.98 Å². The minimum Gasteiger partial charge on any atom is -0.478 e. The maximum absolute atomic E-state index is 11.6. The molecule has 3 aliphatic heterocycles. The van der Waals surface area contributed by atoms with Crippen LogP contribution in [-0.4, -0.2) is 111 Å². The molecule has 9 aromatic rings. The number of nitrogens with zero attached hydrogens (tertiary/aromatic N) is 9. The second kappa shape index (κ2) is 20.6. The van der Waals surface area contributed by atoms with Crippen molar-refractivity contribution in [1.29, 1.82) is 0 Å². The van der Waals surface area contributed by atoms with Gasteiger partial charge >= 0.3 is 5.97 Å². The lowest BCUT2D eigenvalue weighted by atomic mass is 9.92. The number of carboxylic acid groups (broad SMARTS) is 1. The van der Waals surface area contributed by atoms with Crippen LogP contribution in [0.5, 0.6) is 0 Å². The third-order valence-corrected chi connectivity index (χ3v) is 15.8. The predicted octanol–water partition coefficient (Wildman–Crippen LogP) is 8.61. The number of rotatable bonds is 10. The van der Waals surface area contributed by atoms with Crippen LogP contribution in [0, 0.1) is 20.8 Å². The van der Waals surface area contributed by atoms with Gasteiger partial charge in [0.05, 0.1) is 31.4 Å². The zero-order valence-corrected chi connectivity index (χ0v) is 45.3. The standard InChI is InChI=1S/C22H25N3O3.2C19H23N3O2/c1-14-4-5-19-16(10-14)17-12-24(3)9-7-20(17)25(19)13-22(2,28)18-11-23-8-6-15(18)21(26)27;1-13-4-5-16-14(8-13)15-10-21(3)7-6-17(15)22(16)11-19(2,23)18-9-20-12-24-18;1-13-4-5-16-14(8-13)15-9-21(3)7-6-17(15)22(16)11-19(2,23)18-10-24-12-20-18/h4-6,8,10-11,28H,7,9,12-13H2,1-3H3,(H,26,27);4-5,8-9,12,23H,6-7,10-11H2,1-3H3;4-5,8,10,12,23H,6-7,9,11H2,1-3H3. The average Bonchev–Trinajstić information content (AvgIpc) is 4.27. The zero-order valence-electron chi connectivity index (χ0n) is 45.3. The van der Waals surface area contributed by atoms with E-state index >= 15 is 0 Å². The van der Waals surface area contributed by atoms with Crippen LogP contribution in [0.15, 0.2) is 107 Å². The number of carbonyl (C=O) groups is 1. The highest BCUT2D eigenvalue weighted by molar-refractivity contribution is 5.90. The van der Waals surface area contributed by atoms with Crippen LogP contribution in [0.25, 0.3) is 32.7 Å². The molecule has 0 fully saturated rings. The molecule has 0 bridgehead atoms. The topological polar surface area (TPSA) is 187 Å². The summed E-state index contributed by atoms with van der Waals surface area (Å²) in [5, 5.41) is 46.6. The highest BCUT2D eigenvalue weighted by Crippen LogP contribution is 2.38. The second-order valence-electron chi connectivity index (χ2n) is 22.3. The van der Waals surface area contributed by atoms with Crippen molar-refractivity contribution >= 4 is 38.7 Å². The summed E-state index contributed by atoms with van der Waals surface area (Å²) in [7, 11) is 6.44. The second-order valence-corrected chi connectivity index (χ2v) is 22.3. The maximum Gasteiger partial charge on any atom is 0.336 e. The molecule has 4 N–H and O–H groups in total. The van der Waals surface area contributed by atoms with E-state index in [2.05, 4.69) is 140 Å². The molecular weight excluding hydrogens is 959 g/mol.